The molecule has 0 aliphatic carbocycles. The minimum Gasteiger partial charge on any atom is -0.378 e. The monoisotopic (exact) mass is 445 g/mol. The predicted molar refractivity (Wildman–Crippen MR) is 126 cm³/mol. The van der Waals surface area contributed by atoms with E-state index >= 15 is 0 Å². The van der Waals surface area contributed by atoms with Crippen LogP contribution in [0.25, 0.3) is 21.6 Å². The molecule has 0 bridgehead atoms. The summed E-state index contributed by atoms with van der Waals surface area (Å²) in [5.41, 5.74) is 2.46. The number of ether oxygens (including phenoxy) is 1. The third-order valence-corrected chi connectivity index (χ3v) is 6.50. The second-order valence-corrected chi connectivity index (χ2v) is 8.80. The van der Waals surface area contributed by atoms with Gasteiger partial charge in [0.1, 0.15) is 0 Å². The molecule has 0 N–H and O–H groups in total. The molecule has 1 aliphatic heterocycles. The van der Waals surface area contributed by atoms with Crippen LogP contribution in [-0.2, 0) is 11.3 Å². The zero-order valence-corrected chi connectivity index (χ0v) is 18.6. The van der Waals surface area contributed by atoms with Crippen LogP contribution in [0.3, 0.4) is 0 Å². The highest BCUT2D eigenvalue weighted by molar-refractivity contribution is 7.19. The van der Waals surface area contributed by atoms with Crippen LogP contribution >= 0.6 is 11.3 Å². The highest BCUT2D eigenvalue weighted by Gasteiger charge is 2.21. The third kappa shape index (κ3) is 4.19. The second kappa shape index (κ2) is 9.02. The first-order valence-electron chi connectivity index (χ1n) is 10.5. The molecule has 0 radical (unpaired) electrons. The molecule has 0 spiro atoms. The summed E-state index contributed by atoms with van der Waals surface area (Å²) in [5, 5.41) is 0. The maximum atomic E-state index is 12.8. The molecule has 1 aliphatic rings. The topological polar surface area (TPSA) is 71.5 Å². The van der Waals surface area contributed by atoms with Crippen molar-refractivity contribution in [1.82, 2.24) is 19.9 Å². The number of anilines is 1. The number of pyridine rings is 1. The Bertz CT molecular complexity index is 1220. The molecule has 0 saturated carbocycles. The van der Waals surface area contributed by atoms with Gasteiger partial charge in [-0.3, -0.25) is 9.78 Å². The van der Waals surface area contributed by atoms with Gasteiger partial charge in [0.05, 0.1) is 30.0 Å². The van der Waals surface area contributed by atoms with Crippen molar-refractivity contribution < 1.29 is 9.53 Å². The Balaban J connectivity index is 1.50. The van der Waals surface area contributed by atoms with E-state index in [9.17, 15) is 4.79 Å². The zero-order valence-electron chi connectivity index (χ0n) is 17.8. The van der Waals surface area contributed by atoms with Gasteiger partial charge in [0.2, 0.25) is 0 Å². The van der Waals surface area contributed by atoms with Crippen molar-refractivity contribution in [3.8, 4) is 11.4 Å². The molecule has 1 saturated heterocycles. The summed E-state index contributed by atoms with van der Waals surface area (Å²) in [4.78, 5) is 31.8. The Kier molecular flexibility index (Phi) is 5.79. The number of nitrogens with zero attached hydrogens (tertiary/aromatic N) is 5. The van der Waals surface area contributed by atoms with Crippen molar-refractivity contribution in [2.24, 2.45) is 0 Å². The molecular formula is C24H23N5O2S. The average Bonchev–Trinajstić information content (AvgIpc) is 3.26. The first-order valence-corrected chi connectivity index (χ1v) is 11.3. The van der Waals surface area contributed by atoms with Crippen molar-refractivity contribution in [2.75, 3.05) is 38.3 Å². The summed E-state index contributed by atoms with van der Waals surface area (Å²) < 4.78 is 6.58. The molecule has 1 aromatic carbocycles. The van der Waals surface area contributed by atoms with E-state index in [1.54, 1.807) is 28.6 Å². The summed E-state index contributed by atoms with van der Waals surface area (Å²) in [6.07, 6.45) is 3.52. The van der Waals surface area contributed by atoms with E-state index in [-0.39, 0.29) is 5.91 Å². The van der Waals surface area contributed by atoms with Gasteiger partial charge in [-0.25, -0.2) is 9.97 Å². The van der Waals surface area contributed by atoms with Crippen molar-refractivity contribution in [3.05, 3.63) is 71.4 Å². The minimum atomic E-state index is -0.00130. The van der Waals surface area contributed by atoms with Crippen molar-refractivity contribution >= 4 is 33.3 Å². The molecular weight excluding hydrogens is 422 g/mol. The lowest BCUT2D eigenvalue weighted by atomic mass is 10.2. The maximum Gasteiger partial charge on any atom is 0.253 e. The fraction of sp³-hybridized carbons (Fsp3) is 0.250. The molecule has 5 rings (SSSR count). The van der Waals surface area contributed by atoms with Crippen molar-refractivity contribution in [1.29, 1.82) is 0 Å². The second-order valence-electron chi connectivity index (χ2n) is 7.67. The first-order chi connectivity index (χ1) is 15.7. The third-order valence-electron chi connectivity index (χ3n) is 5.40. The lowest BCUT2D eigenvalue weighted by Gasteiger charge is -2.28. The van der Waals surface area contributed by atoms with Gasteiger partial charge in [-0.15, -0.1) is 11.3 Å². The molecule has 7 nitrogen and oxygen atoms in total. The van der Waals surface area contributed by atoms with E-state index in [0.29, 0.717) is 31.1 Å². The van der Waals surface area contributed by atoms with Gasteiger partial charge in [-0.1, -0.05) is 18.2 Å². The summed E-state index contributed by atoms with van der Waals surface area (Å²) in [5.74, 6) is 1.58. The molecule has 0 atom stereocenters. The molecule has 3 aromatic heterocycles. The normalized spacial score (nSPS) is 14.0. The van der Waals surface area contributed by atoms with E-state index < -0.39 is 0 Å². The number of amides is 1. The highest BCUT2D eigenvalue weighted by atomic mass is 32.1. The van der Waals surface area contributed by atoms with Gasteiger partial charge in [0.25, 0.3) is 5.91 Å². The SMILES string of the molecule is CN(Cc1cc2nc(-c3cccnc3)nc(N3CCOCC3)c2s1)C(=O)c1ccccc1. The number of carbonyl (C=O) groups excluding carboxylic acids is 1. The highest BCUT2D eigenvalue weighted by Crippen LogP contribution is 2.35. The van der Waals surface area contributed by atoms with Crippen LogP contribution in [0.5, 0.6) is 0 Å². The quantitative estimate of drug-likeness (QED) is 0.465. The van der Waals surface area contributed by atoms with Crippen molar-refractivity contribution in [2.45, 2.75) is 6.54 Å². The van der Waals surface area contributed by atoms with Gasteiger partial charge in [-0.05, 0) is 30.3 Å². The Morgan fingerprint density at radius 1 is 1.12 bits per heavy atom. The van der Waals surface area contributed by atoms with Gasteiger partial charge in [0, 0.05) is 48.5 Å². The molecule has 8 heteroatoms. The van der Waals surface area contributed by atoms with Crippen LogP contribution < -0.4 is 4.90 Å². The summed E-state index contributed by atoms with van der Waals surface area (Å²) in [7, 11) is 1.83. The van der Waals surface area contributed by atoms with E-state index in [1.807, 2.05) is 49.5 Å². The minimum absolute atomic E-state index is 0.00130. The van der Waals surface area contributed by atoms with Crippen molar-refractivity contribution in [3.63, 3.8) is 0 Å². The van der Waals surface area contributed by atoms with Crippen LogP contribution in [0.2, 0.25) is 0 Å². The molecule has 32 heavy (non-hydrogen) atoms. The van der Waals surface area contributed by atoms with E-state index in [1.165, 1.54) is 0 Å². The summed E-state index contributed by atoms with van der Waals surface area (Å²) in [6.45, 7) is 3.45. The zero-order chi connectivity index (χ0) is 21.9. The number of fused-ring (bicyclic) bond motifs is 1. The molecule has 0 unspecified atom stereocenters. The first kappa shape index (κ1) is 20.5. The predicted octanol–water partition coefficient (Wildman–Crippen LogP) is 3.86. The van der Waals surface area contributed by atoms with Gasteiger partial charge < -0.3 is 14.5 Å². The standard InChI is InChI=1S/C24H23N5O2S/c1-28(24(30)17-6-3-2-4-7-17)16-19-14-20-21(32-19)23(29-10-12-31-13-11-29)27-22(26-20)18-8-5-9-25-15-18/h2-9,14-15H,10-13,16H2,1H3. The average molecular weight is 446 g/mol. The lowest BCUT2D eigenvalue weighted by molar-refractivity contribution is 0.0786. The number of benzene rings is 1. The fourth-order valence-corrected chi connectivity index (χ4v) is 4.93. The van der Waals surface area contributed by atoms with Crippen LogP contribution in [0.15, 0.2) is 60.9 Å². The van der Waals surface area contributed by atoms with E-state index in [4.69, 9.17) is 14.7 Å². The maximum absolute atomic E-state index is 12.8. The van der Waals surface area contributed by atoms with Gasteiger partial charge >= 0.3 is 0 Å². The number of hydrogen-bond acceptors (Lipinski definition) is 7. The molecule has 1 amide bonds. The number of carbonyl (C=O) groups is 1. The Labute approximate surface area is 190 Å². The number of hydrogen-bond donors (Lipinski definition) is 0. The fourth-order valence-electron chi connectivity index (χ4n) is 3.76. The largest absolute Gasteiger partial charge is 0.378 e. The number of morpholine rings is 1. The molecule has 4 heterocycles. The van der Waals surface area contributed by atoms with Gasteiger partial charge in [-0.2, -0.15) is 0 Å². The Morgan fingerprint density at radius 3 is 2.69 bits per heavy atom. The Morgan fingerprint density at radius 2 is 1.94 bits per heavy atom. The molecule has 162 valence electrons. The Hall–Kier alpha value is -3.36. The summed E-state index contributed by atoms with van der Waals surface area (Å²) >= 11 is 1.65. The molecule has 1 fully saturated rings. The van der Waals surface area contributed by atoms with Crippen LogP contribution in [-0.4, -0.2) is 59.1 Å². The van der Waals surface area contributed by atoms with Crippen LogP contribution in [0.1, 0.15) is 15.2 Å². The van der Waals surface area contributed by atoms with Gasteiger partial charge in [0.15, 0.2) is 11.6 Å². The van der Waals surface area contributed by atoms with Crippen LogP contribution in [0, 0.1) is 0 Å². The van der Waals surface area contributed by atoms with E-state index in [0.717, 1.165) is 39.6 Å². The number of aromatic nitrogens is 3. The molecule has 4 aromatic rings. The summed E-state index contributed by atoms with van der Waals surface area (Å²) in [6, 6.07) is 15.3. The smallest absolute Gasteiger partial charge is 0.253 e. The lowest BCUT2D eigenvalue weighted by Crippen LogP contribution is -2.36. The number of rotatable bonds is 5. The number of thiophene rings is 1. The van der Waals surface area contributed by atoms with E-state index in [2.05, 4.69) is 16.0 Å². The van der Waals surface area contributed by atoms with Crippen LogP contribution in [0.4, 0.5) is 5.82 Å².